The van der Waals surface area contributed by atoms with Crippen LogP contribution in [0, 0.1) is 0 Å². The SMILES string of the molecule is CC(=O)N[C@@H](C)C(=O)N1C[C@@H]2O[C@@H](O[C@H]2C(=O)N[C@@H](C)C(C)=O)[C@@H]1C. The fourth-order valence-corrected chi connectivity index (χ4v) is 2.91. The first-order valence-corrected chi connectivity index (χ1v) is 8.31. The summed E-state index contributed by atoms with van der Waals surface area (Å²) < 4.78 is 11.3. The number of ketones is 1. The molecule has 2 rings (SSSR count). The van der Waals surface area contributed by atoms with E-state index >= 15 is 0 Å². The Hall–Kier alpha value is -2.00. The molecule has 2 N–H and O–H groups in total. The molecule has 9 nitrogen and oxygen atoms in total. The van der Waals surface area contributed by atoms with Crippen LogP contribution in [0.25, 0.3) is 0 Å². The van der Waals surface area contributed by atoms with E-state index in [1.807, 2.05) is 0 Å². The van der Waals surface area contributed by atoms with Gasteiger partial charge in [-0.05, 0) is 27.7 Å². The number of carbonyl (C=O) groups excluding carboxylic acids is 4. The minimum atomic E-state index is -0.886. The highest BCUT2D eigenvalue weighted by atomic mass is 16.7. The molecule has 25 heavy (non-hydrogen) atoms. The van der Waals surface area contributed by atoms with Crippen molar-refractivity contribution in [2.75, 3.05) is 6.54 Å². The number of nitrogens with one attached hydrogen (secondary N) is 2. The molecule has 2 aliphatic heterocycles. The van der Waals surface area contributed by atoms with Crippen molar-refractivity contribution in [1.29, 1.82) is 0 Å². The molecular weight excluding hydrogens is 330 g/mol. The lowest BCUT2D eigenvalue weighted by molar-refractivity contribution is -0.166. The van der Waals surface area contributed by atoms with Crippen molar-refractivity contribution in [3.8, 4) is 0 Å². The molecule has 140 valence electrons. The summed E-state index contributed by atoms with van der Waals surface area (Å²) in [5.74, 6) is -1.16. The molecular formula is C16H25N3O6. The monoisotopic (exact) mass is 355 g/mol. The summed E-state index contributed by atoms with van der Waals surface area (Å²) in [6.45, 7) is 7.87. The molecule has 6 atom stereocenters. The quantitative estimate of drug-likeness (QED) is 0.650. The second-order valence-corrected chi connectivity index (χ2v) is 6.59. The predicted octanol–water partition coefficient (Wildman–Crippen LogP) is -1.05. The lowest BCUT2D eigenvalue weighted by Gasteiger charge is -2.38. The minimum Gasteiger partial charge on any atom is -0.345 e. The molecule has 2 heterocycles. The van der Waals surface area contributed by atoms with E-state index in [9.17, 15) is 19.2 Å². The summed E-state index contributed by atoms with van der Waals surface area (Å²) in [5, 5.41) is 5.14. The number of hydrogen-bond acceptors (Lipinski definition) is 6. The van der Waals surface area contributed by atoms with E-state index in [1.165, 1.54) is 13.8 Å². The molecule has 0 saturated carbocycles. The van der Waals surface area contributed by atoms with E-state index in [0.717, 1.165) is 0 Å². The maximum Gasteiger partial charge on any atom is 0.252 e. The number of carbonyl (C=O) groups is 4. The van der Waals surface area contributed by atoms with Gasteiger partial charge in [0.05, 0.1) is 18.6 Å². The number of amides is 3. The molecule has 0 unspecified atom stereocenters. The zero-order valence-corrected chi connectivity index (χ0v) is 15.1. The molecule has 2 aliphatic rings. The van der Waals surface area contributed by atoms with Crippen LogP contribution in [0.3, 0.4) is 0 Å². The maximum atomic E-state index is 12.6. The summed E-state index contributed by atoms with van der Waals surface area (Å²) in [5.41, 5.74) is 0. The molecule has 0 aromatic carbocycles. The van der Waals surface area contributed by atoms with Crippen LogP contribution in [0.5, 0.6) is 0 Å². The number of Topliss-reactive ketones (excluding diaryl/α,β-unsaturated/α-hetero) is 1. The van der Waals surface area contributed by atoms with Crippen molar-refractivity contribution < 1.29 is 28.7 Å². The molecule has 0 aromatic heterocycles. The van der Waals surface area contributed by atoms with Crippen molar-refractivity contribution in [2.24, 2.45) is 0 Å². The van der Waals surface area contributed by atoms with Crippen molar-refractivity contribution in [1.82, 2.24) is 15.5 Å². The third-order valence-electron chi connectivity index (χ3n) is 4.49. The second-order valence-electron chi connectivity index (χ2n) is 6.59. The molecule has 0 aromatic rings. The van der Waals surface area contributed by atoms with Crippen LogP contribution in [0.15, 0.2) is 0 Å². The Kier molecular flexibility index (Phi) is 5.79. The van der Waals surface area contributed by atoms with Gasteiger partial charge in [-0.15, -0.1) is 0 Å². The molecule has 2 saturated heterocycles. The fraction of sp³-hybridized carbons (Fsp3) is 0.750. The predicted molar refractivity (Wildman–Crippen MR) is 86.3 cm³/mol. The van der Waals surface area contributed by atoms with Gasteiger partial charge < -0.3 is 25.0 Å². The number of morpholine rings is 1. The molecule has 9 heteroatoms. The second kappa shape index (κ2) is 7.49. The molecule has 0 radical (unpaired) electrons. The maximum absolute atomic E-state index is 12.6. The van der Waals surface area contributed by atoms with Crippen LogP contribution in [-0.2, 0) is 28.7 Å². The van der Waals surface area contributed by atoms with E-state index in [4.69, 9.17) is 9.47 Å². The summed E-state index contributed by atoms with van der Waals surface area (Å²) in [6, 6.07) is -1.70. The van der Waals surface area contributed by atoms with Crippen LogP contribution in [-0.4, -0.2) is 71.6 Å². The highest BCUT2D eigenvalue weighted by molar-refractivity contribution is 5.90. The van der Waals surface area contributed by atoms with Gasteiger partial charge in [0.2, 0.25) is 11.8 Å². The van der Waals surface area contributed by atoms with Gasteiger partial charge >= 0.3 is 0 Å². The van der Waals surface area contributed by atoms with Crippen molar-refractivity contribution in [3.05, 3.63) is 0 Å². The Morgan fingerprint density at radius 1 is 1.04 bits per heavy atom. The van der Waals surface area contributed by atoms with Gasteiger partial charge in [0.1, 0.15) is 12.1 Å². The zero-order chi connectivity index (χ0) is 18.9. The van der Waals surface area contributed by atoms with E-state index in [2.05, 4.69) is 10.6 Å². The number of ether oxygens (including phenoxy) is 2. The Morgan fingerprint density at radius 3 is 2.24 bits per heavy atom. The first-order valence-electron chi connectivity index (χ1n) is 8.31. The van der Waals surface area contributed by atoms with Crippen molar-refractivity contribution >= 4 is 23.5 Å². The average Bonchev–Trinajstić information content (AvgIpc) is 2.88. The normalized spacial score (nSPS) is 30.4. The van der Waals surface area contributed by atoms with Gasteiger partial charge in [0.15, 0.2) is 18.2 Å². The molecule has 0 aliphatic carbocycles. The third-order valence-corrected chi connectivity index (χ3v) is 4.49. The van der Waals surface area contributed by atoms with Crippen LogP contribution >= 0.6 is 0 Å². The smallest absolute Gasteiger partial charge is 0.252 e. The van der Waals surface area contributed by atoms with Crippen molar-refractivity contribution in [2.45, 2.75) is 71.2 Å². The topological polar surface area (TPSA) is 114 Å². The van der Waals surface area contributed by atoms with Crippen LogP contribution in [0.4, 0.5) is 0 Å². The summed E-state index contributed by atoms with van der Waals surface area (Å²) >= 11 is 0. The van der Waals surface area contributed by atoms with Gasteiger partial charge in [-0.25, -0.2) is 0 Å². The first-order chi connectivity index (χ1) is 11.6. The largest absolute Gasteiger partial charge is 0.345 e. The number of nitrogens with zero attached hydrogens (tertiary/aromatic N) is 1. The standard InChI is InChI=1S/C16H25N3O6/c1-7(10(4)20)18-14(22)13-12-6-19(9(3)16(24-12)25-13)15(23)8(2)17-11(5)21/h7-9,12-13,16H,6H2,1-5H3,(H,17,21)(H,18,22)/t7-,8-,9-,12-,13+,16-/m0/s1. The average molecular weight is 355 g/mol. The molecule has 0 spiro atoms. The van der Waals surface area contributed by atoms with Gasteiger partial charge in [0, 0.05) is 6.92 Å². The Balaban J connectivity index is 2.05. The van der Waals surface area contributed by atoms with Gasteiger partial charge in [-0.1, -0.05) is 0 Å². The van der Waals surface area contributed by atoms with Crippen molar-refractivity contribution in [3.63, 3.8) is 0 Å². The molecule has 2 fully saturated rings. The van der Waals surface area contributed by atoms with E-state index < -0.39 is 42.5 Å². The lowest BCUT2D eigenvalue weighted by atomic mass is 10.1. The Labute approximate surface area is 146 Å². The summed E-state index contributed by atoms with van der Waals surface area (Å²) in [4.78, 5) is 48.9. The molecule has 3 amide bonds. The van der Waals surface area contributed by atoms with Gasteiger partial charge in [0.25, 0.3) is 5.91 Å². The summed E-state index contributed by atoms with van der Waals surface area (Å²) in [6.07, 6.45) is -2.23. The van der Waals surface area contributed by atoms with Crippen LogP contribution < -0.4 is 10.6 Å². The summed E-state index contributed by atoms with van der Waals surface area (Å²) in [7, 11) is 0. The van der Waals surface area contributed by atoms with Crippen LogP contribution in [0.1, 0.15) is 34.6 Å². The lowest BCUT2D eigenvalue weighted by Crippen LogP contribution is -2.58. The zero-order valence-electron chi connectivity index (χ0n) is 15.1. The van der Waals surface area contributed by atoms with E-state index in [-0.39, 0.29) is 24.1 Å². The minimum absolute atomic E-state index is 0.162. The number of rotatable bonds is 5. The van der Waals surface area contributed by atoms with Gasteiger partial charge in [-0.3, -0.25) is 19.2 Å². The highest BCUT2D eigenvalue weighted by Crippen LogP contribution is 2.30. The fourth-order valence-electron chi connectivity index (χ4n) is 2.91. The van der Waals surface area contributed by atoms with Crippen LogP contribution in [0.2, 0.25) is 0 Å². The van der Waals surface area contributed by atoms with E-state index in [0.29, 0.717) is 0 Å². The number of hydrogen-bond donors (Lipinski definition) is 2. The van der Waals surface area contributed by atoms with E-state index in [1.54, 1.807) is 25.7 Å². The van der Waals surface area contributed by atoms with Gasteiger partial charge in [-0.2, -0.15) is 0 Å². The third kappa shape index (κ3) is 4.16. The Bertz CT molecular complexity index is 580. The molecule has 2 bridgehead atoms. The Morgan fingerprint density at radius 2 is 1.68 bits per heavy atom. The number of fused-ring (bicyclic) bond motifs is 2. The first kappa shape index (κ1) is 19.3. The highest BCUT2D eigenvalue weighted by Gasteiger charge is 2.51.